The van der Waals surface area contributed by atoms with Crippen LogP contribution in [0.4, 0.5) is 0 Å². The summed E-state index contributed by atoms with van der Waals surface area (Å²) < 4.78 is 1.90. The number of aromatic nitrogens is 4. The number of rotatable bonds is 4. The second-order valence-electron chi connectivity index (χ2n) is 6.36. The van der Waals surface area contributed by atoms with Gasteiger partial charge in [0.05, 0.1) is 17.6 Å². The summed E-state index contributed by atoms with van der Waals surface area (Å²) in [6.45, 7) is 8.83. The van der Waals surface area contributed by atoms with Crippen LogP contribution in [-0.2, 0) is 0 Å². The summed E-state index contributed by atoms with van der Waals surface area (Å²) in [5, 5.41) is 8.69. The highest BCUT2D eigenvalue weighted by Gasteiger charge is 2.17. The first-order valence-electron chi connectivity index (χ1n) is 8.05. The van der Waals surface area contributed by atoms with Crippen LogP contribution in [0.15, 0.2) is 48.8 Å². The molecule has 0 aliphatic carbocycles. The molecule has 0 aliphatic rings. The van der Waals surface area contributed by atoms with Crippen LogP contribution in [0.1, 0.15) is 50.7 Å². The first-order valence-corrected chi connectivity index (χ1v) is 8.05. The minimum atomic E-state index is 0.422. The summed E-state index contributed by atoms with van der Waals surface area (Å²) in [6, 6.07) is 12.3. The van der Waals surface area contributed by atoms with Crippen molar-refractivity contribution in [3.8, 4) is 17.1 Å². The molecule has 0 bridgehead atoms. The van der Waals surface area contributed by atoms with Gasteiger partial charge in [0, 0.05) is 6.20 Å². The van der Waals surface area contributed by atoms with E-state index in [1.54, 1.807) is 6.20 Å². The van der Waals surface area contributed by atoms with E-state index >= 15 is 0 Å². The van der Waals surface area contributed by atoms with Crippen LogP contribution in [0.5, 0.6) is 0 Å². The van der Waals surface area contributed by atoms with E-state index in [4.69, 9.17) is 0 Å². The Hall–Kier alpha value is -2.49. The lowest BCUT2D eigenvalue weighted by Crippen LogP contribution is -2.07. The number of benzene rings is 1. The van der Waals surface area contributed by atoms with E-state index in [9.17, 15) is 0 Å². The summed E-state index contributed by atoms with van der Waals surface area (Å²) in [5.74, 6) is 0.845. The molecule has 2 heterocycles. The van der Waals surface area contributed by atoms with Gasteiger partial charge in [-0.25, -0.2) is 4.68 Å². The van der Waals surface area contributed by atoms with Crippen molar-refractivity contribution in [2.45, 2.75) is 39.5 Å². The maximum Gasteiger partial charge on any atom is 0.131 e. The number of pyridine rings is 1. The van der Waals surface area contributed by atoms with Crippen LogP contribution < -0.4 is 0 Å². The molecule has 0 atom stereocenters. The van der Waals surface area contributed by atoms with E-state index < -0.39 is 0 Å². The van der Waals surface area contributed by atoms with Gasteiger partial charge in [0.1, 0.15) is 5.69 Å². The SMILES string of the molecule is CC(C)c1cccc(C(C)C)c1-n1cc(-c2ccccn2)nn1. The fraction of sp³-hybridized carbons (Fsp3) is 0.316. The van der Waals surface area contributed by atoms with E-state index in [2.05, 4.69) is 61.2 Å². The zero-order valence-corrected chi connectivity index (χ0v) is 14.1. The Morgan fingerprint density at radius 3 is 2.09 bits per heavy atom. The van der Waals surface area contributed by atoms with Crippen LogP contribution in [-0.4, -0.2) is 20.0 Å². The molecule has 4 heteroatoms. The van der Waals surface area contributed by atoms with Crippen LogP contribution >= 0.6 is 0 Å². The highest BCUT2D eigenvalue weighted by atomic mass is 15.4. The molecule has 0 spiro atoms. The van der Waals surface area contributed by atoms with Crippen LogP contribution in [0.3, 0.4) is 0 Å². The maximum atomic E-state index is 4.38. The van der Waals surface area contributed by atoms with E-state index in [1.165, 1.54) is 11.1 Å². The predicted octanol–water partition coefficient (Wildman–Crippen LogP) is 4.58. The van der Waals surface area contributed by atoms with Crippen molar-refractivity contribution in [3.63, 3.8) is 0 Å². The average molecular weight is 306 g/mol. The third kappa shape index (κ3) is 3.02. The molecule has 0 amide bonds. The van der Waals surface area contributed by atoms with Crippen molar-refractivity contribution in [2.24, 2.45) is 0 Å². The first kappa shape index (κ1) is 15.4. The van der Waals surface area contributed by atoms with E-state index in [0.29, 0.717) is 11.8 Å². The van der Waals surface area contributed by atoms with Gasteiger partial charge in [-0.2, -0.15) is 0 Å². The largest absolute Gasteiger partial charge is 0.254 e. The molecule has 3 aromatic rings. The quantitative estimate of drug-likeness (QED) is 0.709. The third-order valence-electron chi connectivity index (χ3n) is 3.99. The lowest BCUT2D eigenvalue weighted by Gasteiger charge is -2.18. The van der Waals surface area contributed by atoms with Gasteiger partial charge < -0.3 is 0 Å². The minimum absolute atomic E-state index is 0.422. The van der Waals surface area contributed by atoms with Crippen LogP contribution in [0.25, 0.3) is 17.1 Å². The van der Waals surface area contributed by atoms with Crippen molar-refractivity contribution in [3.05, 3.63) is 59.9 Å². The minimum Gasteiger partial charge on any atom is -0.254 e. The van der Waals surface area contributed by atoms with E-state index in [1.807, 2.05) is 29.1 Å². The second kappa shape index (κ2) is 6.32. The Morgan fingerprint density at radius 2 is 1.52 bits per heavy atom. The number of nitrogens with zero attached hydrogens (tertiary/aromatic N) is 4. The van der Waals surface area contributed by atoms with Gasteiger partial charge in [-0.05, 0) is 35.1 Å². The normalized spacial score (nSPS) is 11.4. The second-order valence-corrected chi connectivity index (χ2v) is 6.36. The molecule has 0 saturated heterocycles. The van der Waals surface area contributed by atoms with E-state index in [0.717, 1.165) is 17.1 Å². The molecular formula is C19H22N4. The van der Waals surface area contributed by atoms with Crippen LogP contribution in [0.2, 0.25) is 0 Å². The summed E-state index contributed by atoms with van der Waals surface area (Å²) in [4.78, 5) is 4.36. The fourth-order valence-corrected chi connectivity index (χ4v) is 2.78. The van der Waals surface area contributed by atoms with Gasteiger partial charge in [0.15, 0.2) is 0 Å². The molecule has 0 aliphatic heterocycles. The standard InChI is InChI=1S/C19H22N4/c1-13(2)15-8-7-9-16(14(3)4)19(15)23-12-18(21-22-23)17-10-5-6-11-20-17/h5-14H,1-4H3. The Kier molecular flexibility index (Phi) is 4.24. The smallest absolute Gasteiger partial charge is 0.131 e. The molecule has 2 aromatic heterocycles. The lowest BCUT2D eigenvalue weighted by atomic mass is 9.93. The van der Waals surface area contributed by atoms with Gasteiger partial charge in [0.2, 0.25) is 0 Å². The lowest BCUT2D eigenvalue weighted by molar-refractivity contribution is 0.742. The molecule has 118 valence electrons. The summed E-state index contributed by atoms with van der Waals surface area (Å²) in [7, 11) is 0. The summed E-state index contributed by atoms with van der Waals surface area (Å²) in [5.41, 5.74) is 5.35. The van der Waals surface area contributed by atoms with Crippen molar-refractivity contribution in [1.82, 2.24) is 20.0 Å². The first-order chi connectivity index (χ1) is 11.1. The van der Waals surface area contributed by atoms with Gasteiger partial charge in [0.25, 0.3) is 0 Å². The van der Waals surface area contributed by atoms with Crippen molar-refractivity contribution >= 4 is 0 Å². The number of para-hydroxylation sites is 1. The molecule has 0 radical (unpaired) electrons. The molecule has 4 nitrogen and oxygen atoms in total. The summed E-state index contributed by atoms with van der Waals surface area (Å²) in [6.07, 6.45) is 3.74. The molecule has 0 N–H and O–H groups in total. The zero-order valence-electron chi connectivity index (χ0n) is 14.1. The van der Waals surface area contributed by atoms with Crippen molar-refractivity contribution < 1.29 is 0 Å². The molecular weight excluding hydrogens is 284 g/mol. The van der Waals surface area contributed by atoms with Gasteiger partial charge in [-0.3, -0.25) is 4.98 Å². The molecule has 23 heavy (non-hydrogen) atoms. The van der Waals surface area contributed by atoms with Crippen molar-refractivity contribution in [1.29, 1.82) is 0 Å². The molecule has 0 saturated carbocycles. The highest BCUT2D eigenvalue weighted by Crippen LogP contribution is 2.31. The predicted molar refractivity (Wildman–Crippen MR) is 92.8 cm³/mol. The molecule has 1 aromatic carbocycles. The summed E-state index contributed by atoms with van der Waals surface area (Å²) >= 11 is 0. The Bertz CT molecular complexity index is 762. The fourth-order valence-electron chi connectivity index (χ4n) is 2.78. The monoisotopic (exact) mass is 306 g/mol. The molecule has 0 fully saturated rings. The van der Waals surface area contributed by atoms with Crippen LogP contribution in [0, 0.1) is 0 Å². The topological polar surface area (TPSA) is 43.6 Å². The highest BCUT2D eigenvalue weighted by molar-refractivity contribution is 5.55. The number of hydrogen-bond donors (Lipinski definition) is 0. The molecule has 3 rings (SSSR count). The maximum absolute atomic E-state index is 4.38. The Labute approximate surface area is 137 Å². The zero-order chi connectivity index (χ0) is 16.4. The van der Waals surface area contributed by atoms with Gasteiger partial charge >= 0.3 is 0 Å². The van der Waals surface area contributed by atoms with Crippen molar-refractivity contribution in [2.75, 3.05) is 0 Å². The van der Waals surface area contributed by atoms with E-state index in [-0.39, 0.29) is 0 Å². The van der Waals surface area contributed by atoms with Gasteiger partial charge in [-0.1, -0.05) is 57.2 Å². The van der Waals surface area contributed by atoms with Gasteiger partial charge in [-0.15, -0.1) is 5.10 Å². The average Bonchev–Trinajstić information content (AvgIpc) is 3.04. The third-order valence-corrected chi connectivity index (χ3v) is 3.99. The Balaban J connectivity index is 2.14. The molecule has 0 unspecified atom stereocenters. The Morgan fingerprint density at radius 1 is 0.826 bits per heavy atom. The number of hydrogen-bond acceptors (Lipinski definition) is 3.